The maximum Gasteiger partial charge on any atom is 0.0608 e. The zero-order chi connectivity index (χ0) is 11.2. The molecule has 2 aromatic rings. The topological polar surface area (TPSA) is 50.7 Å². The number of rotatable bonds is 4. The van der Waals surface area contributed by atoms with Crippen molar-refractivity contribution < 1.29 is 0 Å². The lowest BCUT2D eigenvalue weighted by Crippen LogP contribution is -2.22. The molecule has 4 nitrogen and oxygen atoms in total. The van der Waals surface area contributed by atoms with Crippen molar-refractivity contribution >= 4 is 0 Å². The molecule has 0 fully saturated rings. The minimum absolute atomic E-state index is 0.134. The smallest absolute Gasteiger partial charge is 0.0608 e. The third kappa shape index (κ3) is 2.41. The quantitative estimate of drug-likeness (QED) is 0.839. The van der Waals surface area contributed by atoms with Crippen LogP contribution in [0.2, 0.25) is 0 Å². The Morgan fingerprint density at radius 3 is 2.62 bits per heavy atom. The van der Waals surface area contributed by atoms with Crippen molar-refractivity contribution in [3.05, 3.63) is 54.1 Å². The summed E-state index contributed by atoms with van der Waals surface area (Å²) in [6.45, 7) is 2.97. The van der Waals surface area contributed by atoms with Crippen LogP contribution in [0.15, 0.2) is 43.0 Å². The Labute approximate surface area is 94.8 Å². The number of nitrogens with zero attached hydrogens (tertiary/aromatic N) is 3. The summed E-state index contributed by atoms with van der Waals surface area (Å²) in [7, 11) is 0. The van der Waals surface area contributed by atoms with Gasteiger partial charge in [0.1, 0.15) is 0 Å². The fourth-order valence-corrected chi connectivity index (χ4v) is 1.65. The van der Waals surface area contributed by atoms with Gasteiger partial charge >= 0.3 is 0 Å². The average Bonchev–Trinajstić information content (AvgIpc) is 2.38. The van der Waals surface area contributed by atoms with Gasteiger partial charge in [0, 0.05) is 18.6 Å². The highest BCUT2D eigenvalue weighted by Crippen LogP contribution is 2.19. The second-order valence-corrected chi connectivity index (χ2v) is 3.45. The minimum Gasteiger partial charge on any atom is -0.306 e. The van der Waals surface area contributed by atoms with Crippen molar-refractivity contribution in [2.24, 2.45) is 0 Å². The number of pyridine rings is 1. The number of hydrogen-bond acceptors (Lipinski definition) is 4. The van der Waals surface area contributed by atoms with Crippen LogP contribution in [0.5, 0.6) is 0 Å². The van der Waals surface area contributed by atoms with E-state index in [2.05, 4.69) is 33.5 Å². The molecule has 2 heterocycles. The van der Waals surface area contributed by atoms with E-state index in [0.717, 1.165) is 17.7 Å². The first kappa shape index (κ1) is 10.7. The molecule has 2 aromatic heterocycles. The van der Waals surface area contributed by atoms with E-state index in [1.165, 1.54) is 0 Å². The molecule has 0 saturated carbocycles. The molecule has 0 saturated heterocycles. The third-order valence-electron chi connectivity index (χ3n) is 2.37. The van der Waals surface area contributed by atoms with Gasteiger partial charge in [-0.15, -0.1) is 0 Å². The van der Waals surface area contributed by atoms with Gasteiger partial charge in [-0.25, -0.2) is 0 Å². The Hall–Kier alpha value is -1.81. The Morgan fingerprint density at radius 2 is 2.00 bits per heavy atom. The summed E-state index contributed by atoms with van der Waals surface area (Å²) in [5.74, 6) is 0. The molecule has 0 spiro atoms. The summed E-state index contributed by atoms with van der Waals surface area (Å²) in [6, 6.07) is 6.09. The Morgan fingerprint density at radius 1 is 1.12 bits per heavy atom. The number of nitrogens with one attached hydrogen (secondary N) is 1. The highest BCUT2D eigenvalue weighted by molar-refractivity contribution is 5.26. The Balaban J connectivity index is 2.31. The van der Waals surface area contributed by atoms with Gasteiger partial charge in [-0.2, -0.15) is 10.2 Å². The molecule has 1 unspecified atom stereocenters. The van der Waals surface area contributed by atoms with Gasteiger partial charge < -0.3 is 5.32 Å². The highest BCUT2D eigenvalue weighted by atomic mass is 15.1. The molecule has 82 valence electrons. The van der Waals surface area contributed by atoms with Crippen molar-refractivity contribution in [2.75, 3.05) is 6.54 Å². The summed E-state index contributed by atoms with van der Waals surface area (Å²) in [5, 5.41) is 11.1. The first-order chi connectivity index (χ1) is 7.92. The van der Waals surface area contributed by atoms with Gasteiger partial charge in [0.25, 0.3) is 0 Å². The van der Waals surface area contributed by atoms with Crippen LogP contribution in [0.4, 0.5) is 0 Å². The molecule has 4 heteroatoms. The monoisotopic (exact) mass is 214 g/mol. The molecule has 16 heavy (non-hydrogen) atoms. The van der Waals surface area contributed by atoms with Crippen LogP contribution in [0.1, 0.15) is 24.1 Å². The largest absolute Gasteiger partial charge is 0.306 e. The first-order valence-electron chi connectivity index (χ1n) is 5.31. The Bertz CT molecular complexity index is 376. The predicted molar refractivity (Wildman–Crippen MR) is 61.8 cm³/mol. The lowest BCUT2D eigenvalue weighted by atomic mass is 10.0. The lowest BCUT2D eigenvalue weighted by molar-refractivity contribution is 0.624. The zero-order valence-electron chi connectivity index (χ0n) is 9.17. The second-order valence-electron chi connectivity index (χ2n) is 3.45. The average molecular weight is 214 g/mol. The molecule has 0 aromatic carbocycles. The van der Waals surface area contributed by atoms with Crippen LogP contribution in [-0.2, 0) is 0 Å². The van der Waals surface area contributed by atoms with E-state index in [1.54, 1.807) is 18.6 Å². The normalized spacial score (nSPS) is 12.3. The SMILES string of the molecule is CCNC(c1cccnc1)c1ccnnc1. The van der Waals surface area contributed by atoms with Crippen molar-refractivity contribution in [3.63, 3.8) is 0 Å². The summed E-state index contributed by atoms with van der Waals surface area (Å²) >= 11 is 0. The highest BCUT2D eigenvalue weighted by Gasteiger charge is 2.12. The van der Waals surface area contributed by atoms with Gasteiger partial charge in [-0.1, -0.05) is 13.0 Å². The maximum atomic E-state index is 4.14. The third-order valence-corrected chi connectivity index (χ3v) is 2.37. The van der Waals surface area contributed by atoms with Crippen molar-refractivity contribution in [1.29, 1.82) is 0 Å². The van der Waals surface area contributed by atoms with E-state index in [-0.39, 0.29) is 6.04 Å². The zero-order valence-corrected chi connectivity index (χ0v) is 9.17. The Kier molecular flexibility index (Phi) is 3.56. The van der Waals surface area contributed by atoms with Crippen LogP contribution < -0.4 is 5.32 Å². The molecule has 0 aliphatic heterocycles. The van der Waals surface area contributed by atoms with E-state index >= 15 is 0 Å². The summed E-state index contributed by atoms with van der Waals surface area (Å²) in [5.41, 5.74) is 2.24. The van der Waals surface area contributed by atoms with Gasteiger partial charge in [-0.3, -0.25) is 4.98 Å². The van der Waals surface area contributed by atoms with Crippen LogP contribution in [0.25, 0.3) is 0 Å². The fourth-order valence-electron chi connectivity index (χ4n) is 1.65. The molecule has 0 amide bonds. The molecule has 0 aliphatic rings. The van der Waals surface area contributed by atoms with Crippen LogP contribution in [0, 0.1) is 0 Å². The molecular weight excluding hydrogens is 200 g/mol. The molecule has 1 atom stereocenters. The van der Waals surface area contributed by atoms with Crippen molar-refractivity contribution in [3.8, 4) is 0 Å². The maximum absolute atomic E-state index is 4.14. The molecular formula is C12H14N4. The lowest BCUT2D eigenvalue weighted by Gasteiger charge is -2.17. The van der Waals surface area contributed by atoms with Crippen LogP contribution >= 0.6 is 0 Å². The molecule has 0 aliphatic carbocycles. The second kappa shape index (κ2) is 5.32. The summed E-state index contributed by atoms with van der Waals surface area (Å²) in [6.07, 6.45) is 7.13. The van der Waals surface area contributed by atoms with Gasteiger partial charge in [0.2, 0.25) is 0 Å². The van der Waals surface area contributed by atoms with E-state index < -0.39 is 0 Å². The summed E-state index contributed by atoms with van der Waals surface area (Å²) < 4.78 is 0. The van der Waals surface area contributed by atoms with E-state index in [9.17, 15) is 0 Å². The van der Waals surface area contributed by atoms with Gasteiger partial charge in [0.15, 0.2) is 0 Å². The molecule has 1 N–H and O–H groups in total. The summed E-state index contributed by atoms with van der Waals surface area (Å²) in [4.78, 5) is 4.14. The fraction of sp³-hybridized carbons (Fsp3) is 0.250. The standard InChI is InChI=1S/C12H14N4/c1-2-14-12(10-4-3-6-13-8-10)11-5-7-15-16-9-11/h3-9,12,14H,2H2,1H3. The van der Waals surface area contributed by atoms with Crippen molar-refractivity contribution in [1.82, 2.24) is 20.5 Å². The number of aromatic nitrogens is 3. The van der Waals surface area contributed by atoms with Crippen LogP contribution in [-0.4, -0.2) is 21.7 Å². The first-order valence-corrected chi connectivity index (χ1v) is 5.31. The molecule has 0 radical (unpaired) electrons. The van der Waals surface area contributed by atoms with Gasteiger partial charge in [-0.05, 0) is 29.8 Å². The minimum atomic E-state index is 0.134. The number of hydrogen-bond donors (Lipinski definition) is 1. The van der Waals surface area contributed by atoms with E-state index in [1.807, 2.05) is 18.3 Å². The van der Waals surface area contributed by atoms with E-state index in [0.29, 0.717) is 0 Å². The van der Waals surface area contributed by atoms with E-state index in [4.69, 9.17) is 0 Å². The molecule has 2 rings (SSSR count). The van der Waals surface area contributed by atoms with Crippen LogP contribution in [0.3, 0.4) is 0 Å². The van der Waals surface area contributed by atoms with Gasteiger partial charge in [0.05, 0.1) is 12.2 Å². The van der Waals surface area contributed by atoms with Crippen molar-refractivity contribution in [2.45, 2.75) is 13.0 Å². The molecule has 0 bridgehead atoms. The predicted octanol–water partition coefficient (Wildman–Crippen LogP) is 1.57.